The van der Waals surface area contributed by atoms with Crippen molar-refractivity contribution >= 4 is 11.6 Å². The number of non-ortho nitro benzene ring substituents is 1. The second kappa shape index (κ2) is 13.8. The number of amides is 1. The number of hydrogen-bond acceptors (Lipinski definition) is 9. The van der Waals surface area contributed by atoms with E-state index in [2.05, 4.69) is 17.4 Å². The van der Waals surface area contributed by atoms with Crippen molar-refractivity contribution in [2.75, 3.05) is 26.4 Å². The molecule has 198 valence electrons. The number of benzene rings is 2. The van der Waals surface area contributed by atoms with Gasteiger partial charge in [-0.05, 0) is 25.0 Å². The molecule has 0 aliphatic heterocycles. The molecule has 1 amide bonds. The zero-order valence-corrected chi connectivity index (χ0v) is 20.9. The molecule has 3 aromatic rings. The van der Waals surface area contributed by atoms with Gasteiger partial charge in [0, 0.05) is 36.9 Å². The summed E-state index contributed by atoms with van der Waals surface area (Å²) < 4.78 is 23.6. The van der Waals surface area contributed by atoms with Crippen LogP contribution in [-0.2, 0) is 0 Å². The van der Waals surface area contributed by atoms with Crippen molar-refractivity contribution in [1.29, 1.82) is 0 Å². The predicted molar refractivity (Wildman–Crippen MR) is 135 cm³/mol. The lowest BCUT2D eigenvalue weighted by Crippen LogP contribution is -2.26. The molecule has 0 spiro atoms. The molecule has 2 aromatic carbocycles. The van der Waals surface area contributed by atoms with Crippen molar-refractivity contribution in [2.24, 2.45) is 0 Å². The number of carbonyl (C=O) groups is 1. The van der Waals surface area contributed by atoms with Crippen LogP contribution in [0.2, 0.25) is 0 Å². The van der Waals surface area contributed by atoms with Crippen LogP contribution in [0.1, 0.15) is 50.0 Å². The Morgan fingerprint density at radius 1 is 1.03 bits per heavy atom. The van der Waals surface area contributed by atoms with E-state index < -0.39 is 10.8 Å². The fourth-order valence-electron chi connectivity index (χ4n) is 3.27. The number of carbonyl (C=O) groups excluding carboxylic acids is 1. The average molecular weight is 514 g/mol. The highest BCUT2D eigenvalue weighted by Crippen LogP contribution is 2.44. The monoisotopic (exact) mass is 513 g/mol. The van der Waals surface area contributed by atoms with Crippen molar-refractivity contribution < 1.29 is 33.6 Å². The molecule has 0 atom stereocenters. The van der Waals surface area contributed by atoms with E-state index in [4.69, 9.17) is 23.8 Å². The zero-order chi connectivity index (χ0) is 26.6. The van der Waals surface area contributed by atoms with Crippen LogP contribution < -0.4 is 19.5 Å². The fourth-order valence-corrected chi connectivity index (χ4v) is 3.27. The first-order chi connectivity index (χ1) is 18.0. The Labute approximate surface area is 214 Å². The van der Waals surface area contributed by atoms with E-state index in [1.165, 1.54) is 30.3 Å². The van der Waals surface area contributed by atoms with E-state index in [1.54, 1.807) is 12.1 Å². The minimum Gasteiger partial charge on any atom is -0.493 e. The number of unbranched alkanes of at least 4 members (excludes halogenated alkanes) is 2. The molecular formula is C26H31N3O8. The Bertz CT molecular complexity index is 1180. The number of rotatable bonds is 15. The van der Waals surface area contributed by atoms with Gasteiger partial charge in [-0.15, -0.1) is 0 Å². The van der Waals surface area contributed by atoms with E-state index in [-0.39, 0.29) is 30.3 Å². The highest BCUT2D eigenvalue weighted by atomic mass is 16.6. The highest BCUT2D eigenvalue weighted by Gasteiger charge is 2.23. The van der Waals surface area contributed by atoms with Gasteiger partial charge in [0.2, 0.25) is 0 Å². The van der Waals surface area contributed by atoms with Gasteiger partial charge in [-0.1, -0.05) is 31.8 Å². The molecule has 0 unspecified atom stereocenters. The smallest absolute Gasteiger partial charge is 0.273 e. The second-order valence-corrected chi connectivity index (χ2v) is 8.11. The van der Waals surface area contributed by atoms with Gasteiger partial charge in [-0.2, -0.15) is 0 Å². The average Bonchev–Trinajstić information content (AvgIpc) is 3.38. The third-order valence-corrected chi connectivity index (χ3v) is 5.22. The van der Waals surface area contributed by atoms with Crippen LogP contribution >= 0.6 is 0 Å². The summed E-state index contributed by atoms with van der Waals surface area (Å²) in [5.41, 5.74) is 0.361. The molecule has 1 heterocycles. The lowest BCUT2D eigenvalue weighted by molar-refractivity contribution is -0.384. The molecule has 1 aromatic heterocycles. The number of ether oxygens (including phenoxy) is 3. The van der Waals surface area contributed by atoms with Gasteiger partial charge in [0.05, 0.1) is 24.7 Å². The summed E-state index contributed by atoms with van der Waals surface area (Å²) >= 11 is 0. The summed E-state index contributed by atoms with van der Waals surface area (Å²) in [6.45, 7) is 4.90. The molecule has 0 aliphatic rings. The number of nitro benzene ring substituents is 1. The minimum atomic E-state index is -0.505. The molecule has 11 heteroatoms. The lowest BCUT2D eigenvalue weighted by atomic mass is 10.1. The summed E-state index contributed by atoms with van der Waals surface area (Å²) in [6, 6.07) is 10.5. The topological polar surface area (TPSA) is 146 Å². The van der Waals surface area contributed by atoms with Crippen molar-refractivity contribution in [3.63, 3.8) is 0 Å². The Balaban J connectivity index is 2.06. The minimum absolute atomic E-state index is 0.0208. The number of nitrogens with zero attached hydrogens (tertiary/aromatic N) is 2. The quantitative estimate of drug-likeness (QED) is 0.160. The number of nitrogens with one attached hydrogen (secondary N) is 1. The van der Waals surface area contributed by atoms with Crippen LogP contribution in [0.25, 0.3) is 11.3 Å². The van der Waals surface area contributed by atoms with E-state index >= 15 is 0 Å². The Hall–Kier alpha value is -4.12. The third-order valence-electron chi connectivity index (χ3n) is 5.22. The molecule has 0 aliphatic carbocycles. The van der Waals surface area contributed by atoms with E-state index in [9.17, 15) is 14.9 Å². The van der Waals surface area contributed by atoms with Crippen molar-refractivity contribution in [3.8, 4) is 34.3 Å². The van der Waals surface area contributed by atoms with Gasteiger partial charge in [0.1, 0.15) is 28.6 Å². The number of aliphatic hydroxyl groups is 1. The molecule has 37 heavy (non-hydrogen) atoms. The van der Waals surface area contributed by atoms with Crippen LogP contribution in [-0.4, -0.2) is 47.5 Å². The molecule has 0 saturated carbocycles. The SMILES string of the molecule is CCCCOc1cc(OCCCC)c(-c2cc(C(=O)NCCO)no2)c(Oc2ccc([N+](=O)[O-])cc2)c1. The van der Waals surface area contributed by atoms with Crippen LogP contribution in [0.3, 0.4) is 0 Å². The molecular weight excluding hydrogens is 482 g/mol. The van der Waals surface area contributed by atoms with Crippen LogP contribution in [0.15, 0.2) is 47.0 Å². The zero-order valence-electron chi connectivity index (χ0n) is 20.9. The van der Waals surface area contributed by atoms with Crippen LogP contribution in [0, 0.1) is 10.1 Å². The van der Waals surface area contributed by atoms with E-state index in [1.807, 2.05) is 6.92 Å². The third kappa shape index (κ3) is 7.68. The van der Waals surface area contributed by atoms with Gasteiger partial charge in [-0.25, -0.2) is 0 Å². The molecule has 0 saturated heterocycles. The number of hydrogen-bond donors (Lipinski definition) is 2. The van der Waals surface area contributed by atoms with Gasteiger partial charge < -0.3 is 29.2 Å². The first-order valence-corrected chi connectivity index (χ1v) is 12.2. The first-order valence-electron chi connectivity index (χ1n) is 12.2. The summed E-state index contributed by atoms with van der Waals surface area (Å²) in [4.78, 5) is 22.9. The molecule has 0 radical (unpaired) electrons. The Morgan fingerprint density at radius 3 is 2.35 bits per heavy atom. The maximum absolute atomic E-state index is 12.3. The Morgan fingerprint density at radius 2 is 1.70 bits per heavy atom. The summed E-state index contributed by atoms with van der Waals surface area (Å²) in [5.74, 6) is 1.29. The number of nitro groups is 1. The largest absolute Gasteiger partial charge is 0.493 e. The number of aliphatic hydroxyl groups excluding tert-OH is 1. The molecule has 2 N–H and O–H groups in total. The molecule has 3 rings (SSSR count). The van der Waals surface area contributed by atoms with Crippen LogP contribution in [0.5, 0.6) is 23.0 Å². The van der Waals surface area contributed by atoms with Crippen LogP contribution in [0.4, 0.5) is 5.69 Å². The maximum atomic E-state index is 12.3. The normalized spacial score (nSPS) is 10.7. The van der Waals surface area contributed by atoms with Crippen molar-refractivity contribution in [3.05, 3.63) is 58.3 Å². The van der Waals surface area contributed by atoms with Crippen molar-refractivity contribution in [1.82, 2.24) is 10.5 Å². The highest BCUT2D eigenvalue weighted by molar-refractivity contribution is 5.93. The summed E-state index contributed by atoms with van der Waals surface area (Å²) in [5, 5.41) is 26.4. The fraction of sp³-hybridized carbons (Fsp3) is 0.385. The van der Waals surface area contributed by atoms with Gasteiger partial charge in [-0.3, -0.25) is 14.9 Å². The van der Waals surface area contributed by atoms with Crippen molar-refractivity contribution in [2.45, 2.75) is 39.5 Å². The summed E-state index contributed by atoms with van der Waals surface area (Å²) in [7, 11) is 0. The van der Waals surface area contributed by atoms with Gasteiger partial charge >= 0.3 is 0 Å². The van der Waals surface area contributed by atoms with Gasteiger partial charge in [0.25, 0.3) is 11.6 Å². The van der Waals surface area contributed by atoms with E-state index in [0.717, 1.165) is 25.7 Å². The standard InChI is InChI=1S/C26H31N3O8/c1-3-5-13-34-20-15-22(35-14-6-4-2)25(24-17-21(28-37-24)26(31)27-11-12-30)23(16-20)36-19-9-7-18(8-10-19)29(32)33/h7-10,15-17,30H,3-6,11-14H2,1-2H3,(H,27,31). The number of aromatic nitrogens is 1. The molecule has 0 bridgehead atoms. The predicted octanol–water partition coefficient (Wildman–Crippen LogP) is 5.12. The van der Waals surface area contributed by atoms with Gasteiger partial charge in [0.15, 0.2) is 11.5 Å². The molecule has 0 fully saturated rings. The maximum Gasteiger partial charge on any atom is 0.273 e. The Kier molecular flexibility index (Phi) is 10.3. The molecule has 11 nitrogen and oxygen atoms in total. The second-order valence-electron chi connectivity index (χ2n) is 8.11. The van der Waals surface area contributed by atoms with E-state index in [0.29, 0.717) is 41.8 Å². The summed E-state index contributed by atoms with van der Waals surface area (Å²) in [6.07, 6.45) is 3.56. The first kappa shape index (κ1) is 27.5. The lowest BCUT2D eigenvalue weighted by Gasteiger charge is -2.17.